The van der Waals surface area contributed by atoms with Crippen molar-refractivity contribution < 1.29 is 23.9 Å². The van der Waals surface area contributed by atoms with Crippen molar-refractivity contribution in [2.24, 2.45) is 0 Å². The van der Waals surface area contributed by atoms with Gasteiger partial charge in [0, 0.05) is 18.2 Å². The number of piperidine rings is 1. The van der Waals surface area contributed by atoms with Crippen LogP contribution >= 0.6 is 0 Å². The van der Waals surface area contributed by atoms with Crippen molar-refractivity contribution in [3.8, 4) is 22.8 Å². The Morgan fingerprint density at radius 1 is 1.38 bits per heavy atom. The van der Waals surface area contributed by atoms with Crippen LogP contribution in [0.2, 0.25) is 0 Å². The van der Waals surface area contributed by atoms with E-state index in [4.69, 9.17) is 19.1 Å². The third-order valence-corrected chi connectivity index (χ3v) is 4.05. The van der Waals surface area contributed by atoms with Crippen molar-refractivity contribution in [2.75, 3.05) is 27.2 Å². The first-order chi connectivity index (χ1) is 11.6. The maximum Gasteiger partial charge on any atom is 0.358 e. The van der Waals surface area contributed by atoms with Crippen LogP contribution in [-0.2, 0) is 0 Å². The third-order valence-electron chi connectivity index (χ3n) is 4.05. The van der Waals surface area contributed by atoms with Crippen LogP contribution in [0.15, 0.2) is 28.8 Å². The van der Waals surface area contributed by atoms with E-state index < -0.39 is 5.97 Å². The second kappa shape index (κ2) is 6.92. The summed E-state index contributed by atoms with van der Waals surface area (Å²) in [5.74, 6) is 0.488. The summed E-state index contributed by atoms with van der Waals surface area (Å²) in [5, 5.41) is 12.4. The number of carboxylic acids is 1. The first kappa shape index (κ1) is 16.3. The molecule has 1 aromatic carbocycles. The number of hydrogen-bond donors (Lipinski definition) is 1. The molecule has 1 unspecified atom stereocenters. The minimum Gasteiger partial charge on any atom is -0.493 e. The summed E-state index contributed by atoms with van der Waals surface area (Å²) >= 11 is 0. The minimum atomic E-state index is -1.13. The van der Waals surface area contributed by atoms with Gasteiger partial charge in [-0.05, 0) is 44.6 Å². The van der Waals surface area contributed by atoms with Crippen molar-refractivity contribution in [3.63, 3.8) is 0 Å². The van der Waals surface area contributed by atoms with Crippen molar-refractivity contribution >= 4 is 5.97 Å². The van der Waals surface area contributed by atoms with E-state index in [1.54, 1.807) is 19.2 Å². The van der Waals surface area contributed by atoms with E-state index in [0.29, 0.717) is 22.8 Å². The van der Waals surface area contributed by atoms with E-state index in [1.807, 2.05) is 6.07 Å². The molecule has 1 aliphatic rings. The molecule has 0 saturated carbocycles. The fourth-order valence-corrected chi connectivity index (χ4v) is 2.83. The van der Waals surface area contributed by atoms with E-state index in [-0.39, 0.29) is 11.8 Å². The molecule has 7 heteroatoms. The van der Waals surface area contributed by atoms with Gasteiger partial charge >= 0.3 is 5.97 Å². The molecule has 1 N–H and O–H groups in total. The average molecular weight is 332 g/mol. The molecule has 128 valence electrons. The van der Waals surface area contributed by atoms with Gasteiger partial charge in [0.05, 0.1) is 7.11 Å². The second-order valence-corrected chi connectivity index (χ2v) is 5.89. The number of benzene rings is 1. The van der Waals surface area contributed by atoms with Crippen LogP contribution in [0, 0.1) is 0 Å². The van der Waals surface area contributed by atoms with Crippen LogP contribution in [0.25, 0.3) is 11.3 Å². The molecule has 0 amide bonds. The van der Waals surface area contributed by atoms with Crippen molar-refractivity contribution in [1.82, 2.24) is 10.1 Å². The standard InChI is InChI=1S/C17H20N2O5/c1-19-7-3-4-12(10-19)23-14-6-5-11(8-16(14)22-2)15-9-13(17(20)21)18-24-15/h5-6,8-9,12H,3-4,7,10H2,1-2H3,(H,20,21). The van der Waals surface area contributed by atoms with Crippen LogP contribution in [-0.4, -0.2) is 54.5 Å². The number of nitrogens with zero attached hydrogens (tertiary/aromatic N) is 2. The summed E-state index contributed by atoms with van der Waals surface area (Å²) in [4.78, 5) is 13.1. The number of likely N-dealkylation sites (N-methyl/N-ethyl adjacent to an activating group) is 1. The Balaban J connectivity index is 1.80. The Hall–Kier alpha value is -2.54. The lowest BCUT2D eigenvalue weighted by atomic mass is 10.1. The minimum absolute atomic E-state index is 0.130. The predicted octanol–water partition coefficient (Wildman–Crippen LogP) is 2.52. The van der Waals surface area contributed by atoms with Gasteiger partial charge in [0.25, 0.3) is 0 Å². The highest BCUT2D eigenvalue weighted by atomic mass is 16.5. The van der Waals surface area contributed by atoms with E-state index in [2.05, 4.69) is 17.1 Å². The molecule has 0 aliphatic carbocycles. The van der Waals surface area contributed by atoms with Crippen molar-refractivity contribution in [2.45, 2.75) is 18.9 Å². The second-order valence-electron chi connectivity index (χ2n) is 5.89. The molecule has 0 radical (unpaired) electrons. The van der Waals surface area contributed by atoms with Gasteiger partial charge in [-0.15, -0.1) is 0 Å². The van der Waals surface area contributed by atoms with Gasteiger partial charge in [0.2, 0.25) is 0 Å². The number of methoxy groups -OCH3 is 1. The lowest BCUT2D eigenvalue weighted by molar-refractivity contribution is 0.0686. The smallest absolute Gasteiger partial charge is 0.358 e. The lowest BCUT2D eigenvalue weighted by Gasteiger charge is -2.30. The summed E-state index contributed by atoms with van der Waals surface area (Å²) in [6, 6.07) is 6.75. The molecular weight excluding hydrogens is 312 g/mol. The number of ether oxygens (including phenoxy) is 2. The summed E-state index contributed by atoms with van der Waals surface area (Å²) in [6.45, 7) is 1.97. The Labute approximate surface area is 139 Å². The normalized spacial score (nSPS) is 18.3. The summed E-state index contributed by atoms with van der Waals surface area (Å²) in [6.07, 6.45) is 2.25. The molecule has 0 spiro atoms. The topological polar surface area (TPSA) is 85.0 Å². The largest absolute Gasteiger partial charge is 0.493 e. The molecule has 24 heavy (non-hydrogen) atoms. The van der Waals surface area contributed by atoms with Crippen molar-refractivity contribution in [3.05, 3.63) is 30.0 Å². The maximum atomic E-state index is 10.9. The number of aromatic nitrogens is 1. The molecule has 3 rings (SSSR count). The number of hydrogen-bond acceptors (Lipinski definition) is 6. The van der Waals surface area contributed by atoms with Gasteiger partial charge in [-0.3, -0.25) is 0 Å². The summed E-state index contributed by atoms with van der Waals surface area (Å²) < 4.78 is 16.6. The fourth-order valence-electron chi connectivity index (χ4n) is 2.83. The van der Waals surface area contributed by atoms with E-state index in [0.717, 1.165) is 25.9 Å². The molecule has 1 saturated heterocycles. The lowest BCUT2D eigenvalue weighted by Crippen LogP contribution is -2.38. The molecular formula is C17H20N2O5. The Bertz CT molecular complexity index is 728. The van der Waals surface area contributed by atoms with Gasteiger partial charge in [0.15, 0.2) is 23.0 Å². The molecule has 1 aliphatic heterocycles. The van der Waals surface area contributed by atoms with Crippen LogP contribution in [0.3, 0.4) is 0 Å². The first-order valence-electron chi connectivity index (χ1n) is 7.80. The SMILES string of the molecule is COc1cc(-c2cc(C(=O)O)no2)ccc1OC1CCCN(C)C1. The quantitative estimate of drug-likeness (QED) is 0.900. The van der Waals surface area contributed by atoms with Gasteiger partial charge in [0.1, 0.15) is 6.10 Å². The zero-order valence-corrected chi connectivity index (χ0v) is 13.7. The third kappa shape index (κ3) is 3.51. The molecule has 1 fully saturated rings. The maximum absolute atomic E-state index is 10.9. The van der Waals surface area contributed by atoms with Crippen LogP contribution < -0.4 is 9.47 Å². The first-order valence-corrected chi connectivity index (χ1v) is 7.80. The van der Waals surface area contributed by atoms with Gasteiger partial charge < -0.3 is 24.0 Å². The summed E-state index contributed by atoms with van der Waals surface area (Å²) in [7, 11) is 3.65. The Morgan fingerprint density at radius 2 is 2.21 bits per heavy atom. The monoisotopic (exact) mass is 332 g/mol. The number of rotatable bonds is 5. The van der Waals surface area contributed by atoms with Gasteiger partial charge in [-0.2, -0.15) is 0 Å². The number of aromatic carboxylic acids is 1. The highest BCUT2D eigenvalue weighted by Gasteiger charge is 2.21. The number of likely N-dealkylation sites (tertiary alicyclic amines) is 1. The summed E-state index contributed by atoms with van der Waals surface area (Å²) in [5.41, 5.74) is 0.550. The Morgan fingerprint density at radius 3 is 2.88 bits per heavy atom. The number of carboxylic acid groups (broad SMARTS) is 1. The number of carbonyl (C=O) groups is 1. The molecule has 0 bridgehead atoms. The van der Waals surface area contributed by atoms with E-state index >= 15 is 0 Å². The molecule has 2 aromatic rings. The zero-order valence-electron chi connectivity index (χ0n) is 13.7. The highest BCUT2D eigenvalue weighted by Crippen LogP contribution is 2.34. The zero-order chi connectivity index (χ0) is 17.1. The molecule has 1 atom stereocenters. The molecule has 1 aromatic heterocycles. The van der Waals surface area contributed by atoms with Crippen molar-refractivity contribution in [1.29, 1.82) is 0 Å². The molecule has 7 nitrogen and oxygen atoms in total. The average Bonchev–Trinajstić information content (AvgIpc) is 3.05. The molecule has 2 heterocycles. The van der Waals surface area contributed by atoms with Gasteiger partial charge in [-0.1, -0.05) is 5.16 Å². The predicted molar refractivity (Wildman–Crippen MR) is 86.6 cm³/mol. The van der Waals surface area contributed by atoms with Crippen LogP contribution in [0.4, 0.5) is 0 Å². The van der Waals surface area contributed by atoms with E-state index in [9.17, 15) is 4.79 Å². The van der Waals surface area contributed by atoms with Crippen LogP contribution in [0.1, 0.15) is 23.3 Å². The highest BCUT2D eigenvalue weighted by molar-refractivity contribution is 5.86. The van der Waals surface area contributed by atoms with Crippen LogP contribution in [0.5, 0.6) is 11.5 Å². The Kier molecular flexibility index (Phi) is 4.71. The fraction of sp³-hybridized carbons (Fsp3) is 0.412. The van der Waals surface area contributed by atoms with Gasteiger partial charge in [-0.25, -0.2) is 4.79 Å². The van der Waals surface area contributed by atoms with E-state index in [1.165, 1.54) is 6.07 Å².